The van der Waals surface area contributed by atoms with Crippen molar-refractivity contribution in [1.82, 2.24) is 0 Å². The minimum Gasteiger partial charge on any atom is -0.378 e. The molecule has 2 aliphatic rings. The van der Waals surface area contributed by atoms with Crippen LogP contribution in [-0.4, -0.2) is 18.8 Å². The first-order valence-corrected chi connectivity index (χ1v) is 6.39. The van der Waals surface area contributed by atoms with E-state index in [1.165, 1.54) is 44.9 Å². The van der Waals surface area contributed by atoms with Gasteiger partial charge in [0.2, 0.25) is 0 Å². The highest BCUT2D eigenvalue weighted by atomic mass is 16.5. The Morgan fingerprint density at radius 1 is 1.33 bits per heavy atom. The maximum absolute atomic E-state index is 5.95. The van der Waals surface area contributed by atoms with Crippen LogP contribution >= 0.6 is 0 Å². The smallest absolute Gasteiger partial charge is 0.0579 e. The van der Waals surface area contributed by atoms with Crippen LogP contribution in [0, 0.1) is 0 Å². The van der Waals surface area contributed by atoms with E-state index in [0.29, 0.717) is 12.1 Å². The molecule has 15 heavy (non-hydrogen) atoms. The molecule has 0 aromatic rings. The molecule has 1 aliphatic carbocycles. The maximum Gasteiger partial charge on any atom is 0.0579 e. The number of nitrogens with two attached hydrogens (primary N) is 1. The Balaban J connectivity index is 1.68. The summed E-state index contributed by atoms with van der Waals surface area (Å²) in [7, 11) is 0. The van der Waals surface area contributed by atoms with E-state index in [-0.39, 0.29) is 0 Å². The summed E-state index contributed by atoms with van der Waals surface area (Å²) in [6.07, 6.45) is 12.8. The van der Waals surface area contributed by atoms with Crippen molar-refractivity contribution in [2.24, 2.45) is 5.73 Å². The van der Waals surface area contributed by atoms with Gasteiger partial charge in [0.25, 0.3) is 0 Å². The molecule has 1 heterocycles. The average molecular weight is 209 g/mol. The zero-order valence-corrected chi connectivity index (χ0v) is 9.58. The molecule has 2 fully saturated rings. The molecule has 86 valence electrons. The van der Waals surface area contributed by atoms with Crippen molar-refractivity contribution >= 4 is 0 Å². The lowest BCUT2D eigenvalue weighted by Gasteiger charge is -2.20. The summed E-state index contributed by atoms with van der Waals surface area (Å²) in [6.45, 7) is 0.978. The Bertz CT molecular complexity index is 219. The summed E-state index contributed by atoms with van der Waals surface area (Å²) in [5.41, 5.74) is 7.54. The normalized spacial score (nSPS) is 34.9. The van der Waals surface area contributed by atoms with Crippen LogP contribution in [0.25, 0.3) is 0 Å². The van der Waals surface area contributed by atoms with Crippen molar-refractivity contribution in [2.75, 3.05) is 6.61 Å². The molecule has 2 rings (SSSR count). The highest BCUT2D eigenvalue weighted by Gasteiger charge is 2.15. The molecule has 1 saturated heterocycles. The second-order valence-electron chi connectivity index (χ2n) is 4.93. The summed E-state index contributed by atoms with van der Waals surface area (Å²) in [4.78, 5) is 0. The molecule has 1 saturated carbocycles. The van der Waals surface area contributed by atoms with E-state index in [0.717, 1.165) is 13.0 Å². The fourth-order valence-electron chi connectivity index (χ4n) is 2.66. The second-order valence-corrected chi connectivity index (χ2v) is 4.93. The highest BCUT2D eigenvalue weighted by Crippen LogP contribution is 2.24. The van der Waals surface area contributed by atoms with Crippen LogP contribution in [0.5, 0.6) is 0 Å². The molecule has 2 unspecified atom stereocenters. The first kappa shape index (κ1) is 11.2. The van der Waals surface area contributed by atoms with Gasteiger partial charge in [0, 0.05) is 12.6 Å². The molecule has 2 atom stereocenters. The summed E-state index contributed by atoms with van der Waals surface area (Å²) in [5, 5.41) is 0. The van der Waals surface area contributed by atoms with Crippen molar-refractivity contribution in [3.05, 3.63) is 11.6 Å². The topological polar surface area (TPSA) is 35.2 Å². The van der Waals surface area contributed by atoms with Crippen LogP contribution in [0.4, 0.5) is 0 Å². The average Bonchev–Trinajstić information content (AvgIpc) is 2.71. The van der Waals surface area contributed by atoms with Gasteiger partial charge in [0.1, 0.15) is 0 Å². The van der Waals surface area contributed by atoms with E-state index in [1.54, 1.807) is 5.57 Å². The predicted molar refractivity (Wildman–Crippen MR) is 62.7 cm³/mol. The lowest BCUT2D eigenvalue weighted by molar-refractivity contribution is 0.105. The van der Waals surface area contributed by atoms with Crippen molar-refractivity contribution in [3.63, 3.8) is 0 Å². The summed E-state index contributed by atoms with van der Waals surface area (Å²) < 4.78 is 5.61. The first-order valence-electron chi connectivity index (χ1n) is 6.39. The quantitative estimate of drug-likeness (QED) is 0.725. The predicted octanol–water partition coefficient (Wildman–Crippen LogP) is 2.77. The van der Waals surface area contributed by atoms with Gasteiger partial charge in [-0.3, -0.25) is 0 Å². The fraction of sp³-hybridized carbons (Fsp3) is 0.846. The third kappa shape index (κ3) is 3.62. The number of hydrogen-bond acceptors (Lipinski definition) is 2. The largest absolute Gasteiger partial charge is 0.378 e. The van der Waals surface area contributed by atoms with Crippen molar-refractivity contribution in [2.45, 2.75) is 63.5 Å². The Morgan fingerprint density at radius 3 is 3.00 bits per heavy atom. The molecule has 0 aromatic heterocycles. The Morgan fingerprint density at radius 2 is 2.27 bits per heavy atom. The zero-order chi connectivity index (χ0) is 10.5. The summed E-state index contributed by atoms with van der Waals surface area (Å²) in [5.74, 6) is 0. The molecular formula is C13H23NO. The molecular weight excluding hydrogens is 186 g/mol. The lowest BCUT2D eigenvalue weighted by atomic mass is 9.90. The van der Waals surface area contributed by atoms with Crippen LogP contribution in [-0.2, 0) is 4.74 Å². The van der Waals surface area contributed by atoms with E-state index in [1.807, 2.05) is 0 Å². The SMILES string of the molecule is NC1CCCC(=CCCC2CCCO2)C1. The number of rotatable bonds is 3. The van der Waals surface area contributed by atoms with Gasteiger partial charge in [0.15, 0.2) is 0 Å². The number of allylic oxidation sites excluding steroid dienone is 1. The molecule has 0 spiro atoms. The second kappa shape index (κ2) is 5.66. The third-order valence-corrected chi connectivity index (χ3v) is 3.54. The molecule has 2 N–H and O–H groups in total. The van der Waals surface area contributed by atoms with Gasteiger partial charge in [-0.1, -0.05) is 11.6 Å². The van der Waals surface area contributed by atoms with Gasteiger partial charge in [-0.25, -0.2) is 0 Å². The van der Waals surface area contributed by atoms with Crippen molar-refractivity contribution in [3.8, 4) is 0 Å². The van der Waals surface area contributed by atoms with E-state index in [2.05, 4.69) is 6.08 Å². The molecule has 1 aliphatic heterocycles. The molecule has 2 nitrogen and oxygen atoms in total. The fourth-order valence-corrected chi connectivity index (χ4v) is 2.66. The molecule has 0 radical (unpaired) electrons. The first-order chi connectivity index (χ1) is 7.34. The Kier molecular flexibility index (Phi) is 4.21. The van der Waals surface area contributed by atoms with Gasteiger partial charge in [-0.15, -0.1) is 0 Å². The van der Waals surface area contributed by atoms with E-state index >= 15 is 0 Å². The van der Waals surface area contributed by atoms with Crippen LogP contribution in [0.1, 0.15) is 51.4 Å². The van der Waals surface area contributed by atoms with Crippen molar-refractivity contribution < 1.29 is 4.74 Å². The van der Waals surface area contributed by atoms with Gasteiger partial charge in [0.05, 0.1) is 6.10 Å². The minimum absolute atomic E-state index is 0.424. The molecule has 0 aromatic carbocycles. The maximum atomic E-state index is 5.95. The van der Waals surface area contributed by atoms with Crippen LogP contribution in [0.15, 0.2) is 11.6 Å². The van der Waals surface area contributed by atoms with Gasteiger partial charge < -0.3 is 10.5 Å². The number of ether oxygens (including phenoxy) is 1. The lowest BCUT2D eigenvalue weighted by Crippen LogP contribution is -2.23. The van der Waals surface area contributed by atoms with Crippen LogP contribution in [0.3, 0.4) is 0 Å². The standard InChI is InChI=1S/C13H23NO/c14-12-6-1-4-11(10-12)5-2-7-13-8-3-9-15-13/h5,12-13H,1-4,6-10,14H2. The van der Waals surface area contributed by atoms with Crippen LogP contribution < -0.4 is 5.73 Å². The number of hydrogen-bond donors (Lipinski definition) is 1. The van der Waals surface area contributed by atoms with E-state index in [9.17, 15) is 0 Å². The van der Waals surface area contributed by atoms with Gasteiger partial charge >= 0.3 is 0 Å². The zero-order valence-electron chi connectivity index (χ0n) is 9.58. The summed E-state index contributed by atoms with van der Waals surface area (Å²) in [6, 6.07) is 0.424. The molecule has 2 heteroatoms. The van der Waals surface area contributed by atoms with Crippen LogP contribution in [0.2, 0.25) is 0 Å². The summed E-state index contributed by atoms with van der Waals surface area (Å²) >= 11 is 0. The minimum atomic E-state index is 0.424. The van der Waals surface area contributed by atoms with E-state index < -0.39 is 0 Å². The third-order valence-electron chi connectivity index (χ3n) is 3.54. The van der Waals surface area contributed by atoms with Gasteiger partial charge in [-0.05, 0) is 51.4 Å². The molecule has 0 amide bonds. The van der Waals surface area contributed by atoms with E-state index in [4.69, 9.17) is 10.5 Å². The Labute approximate surface area is 92.9 Å². The Hall–Kier alpha value is -0.340. The highest BCUT2D eigenvalue weighted by molar-refractivity contribution is 5.07. The van der Waals surface area contributed by atoms with Crippen molar-refractivity contribution in [1.29, 1.82) is 0 Å². The monoisotopic (exact) mass is 209 g/mol. The molecule has 0 bridgehead atoms. The van der Waals surface area contributed by atoms with Gasteiger partial charge in [-0.2, -0.15) is 0 Å².